The normalized spacial score (nSPS) is 15.8. The van der Waals surface area contributed by atoms with E-state index in [1.807, 2.05) is 32.9 Å². The molecule has 4 nitrogen and oxygen atoms in total. The lowest BCUT2D eigenvalue weighted by atomic mass is 10.0. The highest BCUT2D eigenvalue weighted by atomic mass is 16.6. The number of carbonyl (C=O) groups is 1. The summed E-state index contributed by atoms with van der Waals surface area (Å²) in [5.74, 6) is 0.855. The molecule has 0 radical (unpaired) electrons. The lowest BCUT2D eigenvalue weighted by molar-refractivity contribution is 0.0273. The average Bonchev–Trinajstić information content (AvgIpc) is 2.71. The molecule has 1 aromatic rings. The van der Waals surface area contributed by atoms with Crippen LogP contribution in [0, 0.1) is 0 Å². The van der Waals surface area contributed by atoms with E-state index >= 15 is 0 Å². The third kappa shape index (κ3) is 4.52. The monoisotopic (exact) mass is 303 g/mol. The summed E-state index contributed by atoms with van der Waals surface area (Å²) >= 11 is 0. The lowest BCUT2D eigenvalue weighted by Gasteiger charge is -2.25. The largest absolute Gasteiger partial charge is 0.497 e. The topological polar surface area (TPSA) is 38.8 Å². The molecule has 2 rings (SSSR count). The van der Waals surface area contributed by atoms with Gasteiger partial charge in [0.05, 0.1) is 7.11 Å². The standard InChI is InChI=1S/C18H25NO3/c1-18(2,3)22-17(20)19-12-5-6-14(11-13-19)15-7-9-16(21-4)10-8-15/h7-11H,5-6,12-13H2,1-4H3. The molecule has 0 unspecified atom stereocenters. The zero-order chi connectivity index (χ0) is 16.2. The van der Waals surface area contributed by atoms with Gasteiger partial charge >= 0.3 is 6.09 Å². The Kier molecular flexibility index (Phi) is 5.11. The molecule has 0 aromatic heterocycles. The number of rotatable bonds is 2. The highest BCUT2D eigenvalue weighted by Gasteiger charge is 2.22. The summed E-state index contributed by atoms with van der Waals surface area (Å²) in [6.45, 7) is 6.99. The van der Waals surface area contributed by atoms with Gasteiger partial charge in [-0.15, -0.1) is 0 Å². The Labute approximate surface area is 132 Å². The molecule has 1 heterocycles. The van der Waals surface area contributed by atoms with Crippen molar-refractivity contribution in [3.63, 3.8) is 0 Å². The quantitative estimate of drug-likeness (QED) is 0.825. The first kappa shape index (κ1) is 16.4. The molecule has 22 heavy (non-hydrogen) atoms. The molecule has 0 N–H and O–H groups in total. The minimum atomic E-state index is -0.452. The Bertz CT molecular complexity index is 540. The van der Waals surface area contributed by atoms with Gasteiger partial charge in [0.25, 0.3) is 0 Å². The Morgan fingerprint density at radius 3 is 2.45 bits per heavy atom. The highest BCUT2D eigenvalue weighted by molar-refractivity contribution is 5.71. The number of hydrogen-bond donors (Lipinski definition) is 0. The predicted molar refractivity (Wildman–Crippen MR) is 88.0 cm³/mol. The Morgan fingerprint density at radius 1 is 1.18 bits per heavy atom. The van der Waals surface area contributed by atoms with Crippen molar-refractivity contribution in [2.45, 2.75) is 39.2 Å². The van der Waals surface area contributed by atoms with E-state index in [1.165, 1.54) is 11.1 Å². The zero-order valence-electron chi connectivity index (χ0n) is 13.9. The van der Waals surface area contributed by atoms with Crippen LogP contribution in [0.25, 0.3) is 5.57 Å². The Balaban J connectivity index is 2.05. The maximum absolute atomic E-state index is 12.2. The van der Waals surface area contributed by atoms with Crippen molar-refractivity contribution in [3.05, 3.63) is 35.9 Å². The summed E-state index contributed by atoms with van der Waals surface area (Å²) in [5.41, 5.74) is 2.01. The minimum Gasteiger partial charge on any atom is -0.497 e. The Morgan fingerprint density at radius 2 is 1.86 bits per heavy atom. The molecule has 4 heteroatoms. The van der Waals surface area contributed by atoms with Gasteiger partial charge in [-0.3, -0.25) is 0 Å². The minimum absolute atomic E-state index is 0.236. The van der Waals surface area contributed by atoms with Gasteiger partial charge in [-0.2, -0.15) is 0 Å². The maximum atomic E-state index is 12.2. The van der Waals surface area contributed by atoms with Gasteiger partial charge in [0.1, 0.15) is 11.4 Å². The molecule has 0 bridgehead atoms. The molecule has 0 atom stereocenters. The van der Waals surface area contributed by atoms with Crippen molar-refractivity contribution in [1.29, 1.82) is 0 Å². The molecular weight excluding hydrogens is 278 g/mol. The van der Waals surface area contributed by atoms with Gasteiger partial charge in [-0.05, 0) is 56.9 Å². The number of benzene rings is 1. The molecular formula is C18H25NO3. The predicted octanol–water partition coefficient (Wildman–Crippen LogP) is 4.11. The van der Waals surface area contributed by atoms with Crippen molar-refractivity contribution in [3.8, 4) is 5.75 Å². The van der Waals surface area contributed by atoms with Crippen LogP contribution in [0.2, 0.25) is 0 Å². The lowest BCUT2D eigenvalue weighted by Crippen LogP contribution is -2.37. The van der Waals surface area contributed by atoms with E-state index in [4.69, 9.17) is 9.47 Å². The third-order valence-corrected chi connectivity index (χ3v) is 3.54. The molecule has 1 aliphatic rings. The number of nitrogens with zero attached hydrogens (tertiary/aromatic N) is 1. The van der Waals surface area contributed by atoms with Gasteiger partial charge in [0, 0.05) is 13.1 Å². The molecule has 0 aliphatic carbocycles. The average molecular weight is 303 g/mol. The van der Waals surface area contributed by atoms with Crippen LogP contribution < -0.4 is 4.74 Å². The molecule has 0 spiro atoms. The molecule has 1 aromatic carbocycles. The highest BCUT2D eigenvalue weighted by Crippen LogP contribution is 2.25. The second-order valence-corrected chi connectivity index (χ2v) is 6.49. The first-order valence-corrected chi connectivity index (χ1v) is 7.70. The summed E-state index contributed by atoms with van der Waals surface area (Å²) < 4.78 is 10.6. The van der Waals surface area contributed by atoms with Crippen LogP contribution in [0.1, 0.15) is 39.2 Å². The fourth-order valence-corrected chi connectivity index (χ4v) is 2.43. The second kappa shape index (κ2) is 6.86. The molecule has 0 saturated heterocycles. The van der Waals surface area contributed by atoms with Gasteiger partial charge in [0.15, 0.2) is 0 Å². The second-order valence-electron chi connectivity index (χ2n) is 6.49. The van der Waals surface area contributed by atoms with Gasteiger partial charge in [-0.1, -0.05) is 18.2 Å². The van der Waals surface area contributed by atoms with Gasteiger partial charge < -0.3 is 14.4 Å². The summed E-state index contributed by atoms with van der Waals surface area (Å²) in [4.78, 5) is 13.9. The molecule has 1 amide bonds. The van der Waals surface area contributed by atoms with Crippen LogP contribution in [-0.4, -0.2) is 36.8 Å². The van der Waals surface area contributed by atoms with Crippen LogP contribution in [0.5, 0.6) is 5.75 Å². The van der Waals surface area contributed by atoms with Gasteiger partial charge in [-0.25, -0.2) is 4.79 Å². The summed E-state index contributed by atoms with van der Waals surface area (Å²) in [6.07, 6.45) is 3.79. The van der Waals surface area contributed by atoms with E-state index in [2.05, 4.69) is 18.2 Å². The Hall–Kier alpha value is -1.97. The first-order chi connectivity index (χ1) is 10.4. The van der Waals surface area contributed by atoms with Crippen molar-refractivity contribution in [1.82, 2.24) is 4.90 Å². The van der Waals surface area contributed by atoms with E-state index in [1.54, 1.807) is 12.0 Å². The fourth-order valence-electron chi connectivity index (χ4n) is 2.43. The third-order valence-electron chi connectivity index (χ3n) is 3.54. The first-order valence-electron chi connectivity index (χ1n) is 7.70. The summed E-state index contributed by atoms with van der Waals surface area (Å²) in [6, 6.07) is 8.06. The maximum Gasteiger partial charge on any atom is 0.410 e. The fraction of sp³-hybridized carbons (Fsp3) is 0.500. The number of amides is 1. The molecule has 0 saturated carbocycles. The number of hydrogen-bond acceptors (Lipinski definition) is 3. The summed E-state index contributed by atoms with van der Waals surface area (Å²) in [7, 11) is 1.67. The van der Waals surface area contributed by atoms with Crippen molar-refractivity contribution in [2.75, 3.05) is 20.2 Å². The smallest absolute Gasteiger partial charge is 0.410 e. The summed E-state index contributed by atoms with van der Waals surface area (Å²) in [5, 5.41) is 0. The van der Waals surface area contributed by atoms with E-state index < -0.39 is 5.60 Å². The van der Waals surface area contributed by atoms with Crippen molar-refractivity contribution >= 4 is 11.7 Å². The SMILES string of the molecule is COc1ccc(C2=CCN(C(=O)OC(C)(C)C)CCC2)cc1. The number of methoxy groups -OCH3 is 1. The van der Waals surface area contributed by atoms with Crippen LogP contribution in [0.4, 0.5) is 4.79 Å². The van der Waals surface area contributed by atoms with E-state index in [0.717, 1.165) is 25.1 Å². The van der Waals surface area contributed by atoms with E-state index in [-0.39, 0.29) is 6.09 Å². The van der Waals surface area contributed by atoms with Crippen molar-refractivity contribution < 1.29 is 14.3 Å². The number of carbonyl (C=O) groups excluding carboxylic acids is 1. The zero-order valence-corrected chi connectivity index (χ0v) is 13.9. The van der Waals surface area contributed by atoms with Crippen LogP contribution in [0.15, 0.2) is 30.3 Å². The number of allylic oxidation sites excluding steroid dienone is 1. The molecule has 120 valence electrons. The van der Waals surface area contributed by atoms with E-state index in [0.29, 0.717) is 6.54 Å². The van der Waals surface area contributed by atoms with E-state index in [9.17, 15) is 4.79 Å². The van der Waals surface area contributed by atoms with Crippen LogP contribution in [-0.2, 0) is 4.74 Å². The number of ether oxygens (including phenoxy) is 2. The van der Waals surface area contributed by atoms with Gasteiger partial charge in [0.2, 0.25) is 0 Å². The molecule has 1 aliphatic heterocycles. The molecule has 0 fully saturated rings. The van der Waals surface area contributed by atoms with Crippen molar-refractivity contribution in [2.24, 2.45) is 0 Å². The van der Waals surface area contributed by atoms with Crippen LogP contribution >= 0.6 is 0 Å². The van der Waals surface area contributed by atoms with Crippen LogP contribution in [0.3, 0.4) is 0 Å².